The third kappa shape index (κ3) is 5.72. The van der Waals surface area contributed by atoms with Crippen LogP contribution >= 0.6 is 0 Å². The summed E-state index contributed by atoms with van der Waals surface area (Å²) in [5.41, 5.74) is 11.6. The van der Waals surface area contributed by atoms with Crippen molar-refractivity contribution in [3.05, 3.63) is 194 Å². The first-order valence-corrected chi connectivity index (χ1v) is 19.1. The Balaban J connectivity index is 1.15. The first kappa shape index (κ1) is 32.7. The van der Waals surface area contributed by atoms with Gasteiger partial charge < -0.3 is 4.42 Å². The number of aromatic nitrogens is 4. The standard InChI is InChI=1S/C52H32N4O/c1-4-16-33(17-5-1)36-22-14-24-38(30-36)51-54-50(35-20-8-3-9-21-35)55-52(56-51)39-25-15-23-37(31-39)49-42-32-45-48(41-27-11-13-29-44(41)57-45)46(34-18-6-2-7-19-34)47(42)40-26-10-12-28-43(40)53-49/h1-32H. The normalized spacial score (nSPS) is 11.5. The van der Waals surface area contributed by atoms with Gasteiger partial charge in [0, 0.05) is 54.7 Å². The highest BCUT2D eigenvalue weighted by atomic mass is 16.3. The molecular formula is C52H32N4O. The summed E-state index contributed by atoms with van der Waals surface area (Å²) in [6.07, 6.45) is 0. The molecule has 0 atom stereocenters. The summed E-state index contributed by atoms with van der Waals surface area (Å²) < 4.78 is 6.61. The summed E-state index contributed by atoms with van der Waals surface area (Å²) in [4.78, 5) is 20.6. The monoisotopic (exact) mass is 728 g/mol. The van der Waals surface area contributed by atoms with Crippen molar-refractivity contribution in [1.82, 2.24) is 19.9 Å². The fourth-order valence-electron chi connectivity index (χ4n) is 8.05. The van der Waals surface area contributed by atoms with E-state index in [0.717, 1.165) is 93.8 Å². The topological polar surface area (TPSA) is 64.7 Å². The van der Waals surface area contributed by atoms with Gasteiger partial charge >= 0.3 is 0 Å². The minimum atomic E-state index is 0.584. The van der Waals surface area contributed by atoms with E-state index < -0.39 is 0 Å². The molecule has 8 aromatic carbocycles. The Kier molecular flexibility index (Phi) is 7.74. The van der Waals surface area contributed by atoms with Crippen molar-refractivity contribution >= 4 is 43.6 Å². The highest BCUT2D eigenvalue weighted by Gasteiger charge is 2.22. The van der Waals surface area contributed by atoms with Gasteiger partial charge in [0.15, 0.2) is 17.5 Å². The molecule has 11 rings (SSSR count). The molecule has 0 unspecified atom stereocenters. The fourth-order valence-corrected chi connectivity index (χ4v) is 8.05. The predicted octanol–water partition coefficient (Wildman–Crippen LogP) is 13.5. The summed E-state index contributed by atoms with van der Waals surface area (Å²) in [6, 6.07) is 66.8. The van der Waals surface area contributed by atoms with Crippen molar-refractivity contribution in [2.75, 3.05) is 0 Å². The molecule has 5 nitrogen and oxygen atoms in total. The SMILES string of the molecule is c1ccc(-c2cccc(-c3nc(-c4ccccc4)nc(-c4cccc(-c5nc6ccccc6c6c(-c7ccccc7)c7c(cc56)oc5ccccc57)c4)n3)c2)cc1. The van der Waals surface area contributed by atoms with Crippen LogP contribution in [-0.2, 0) is 0 Å². The number of benzene rings is 8. The molecule has 3 aromatic heterocycles. The van der Waals surface area contributed by atoms with E-state index in [1.54, 1.807) is 0 Å². The average Bonchev–Trinajstić information content (AvgIpc) is 3.67. The molecular weight excluding hydrogens is 697 g/mol. The van der Waals surface area contributed by atoms with Crippen LogP contribution in [-0.4, -0.2) is 19.9 Å². The van der Waals surface area contributed by atoms with Gasteiger partial charge in [0.2, 0.25) is 0 Å². The van der Waals surface area contributed by atoms with Crippen LogP contribution in [0.3, 0.4) is 0 Å². The molecule has 266 valence electrons. The highest BCUT2D eigenvalue weighted by molar-refractivity contribution is 6.27. The minimum Gasteiger partial charge on any atom is -0.456 e. The maximum atomic E-state index is 6.61. The van der Waals surface area contributed by atoms with Crippen molar-refractivity contribution in [2.24, 2.45) is 0 Å². The van der Waals surface area contributed by atoms with Gasteiger partial charge in [-0.1, -0.05) is 164 Å². The first-order chi connectivity index (χ1) is 28.2. The lowest BCUT2D eigenvalue weighted by atomic mass is 9.89. The molecule has 0 aliphatic rings. The maximum absolute atomic E-state index is 6.61. The lowest BCUT2D eigenvalue weighted by Crippen LogP contribution is -2.00. The Hall–Kier alpha value is -7.76. The molecule has 0 N–H and O–H groups in total. The molecule has 0 amide bonds. The highest BCUT2D eigenvalue weighted by Crippen LogP contribution is 2.46. The van der Waals surface area contributed by atoms with Crippen molar-refractivity contribution in [3.8, 4) is 67.7 Å². The number of hydrogen-bond donors (Lipinski definition) is 0. The van der Waals surface area contributed by atoms with E-state index in [9.17, 15) is 0 Å². The van der Waals surface area contributed by atoms with Crippen molar-refractivity contribution < 1.29 is 4.42 Å². The molecule has 0 saturated heterocycles. The average molecular weight is 729 g/mol. The Morgan fingerprint density at radius 3 is 1.51 bits per heavy atom. The second-order valence-corrected chi connectivity index (χ2v) is 14.2. The summed E-state index contributed by atoms with van der Waals surface area (Å²) >= 11 is 0. The first-order valence-electron chi connectivity index (χ1n) is 19.1. The maximum Gasteiger partial charge on any atom is 0.164 e. The zero-order chi connectivity index (χ0) is 37.7. The number of nitrogens with zero attached hydrogens (tertiary/aromatic N) is 4. The molecule has 3 heterocycles. The van der Waals surface area contributed by atoms with Gasteiger partial charge in [0.1, 0.15) is 11.2 Å². The van der Waals surface area contributed by atoms with Crippen LogP contribution in [0.1, 0.15) is 0 Å². The quantitative estimate of drug-likeness (QED) is 0.160. The lowest BCUT2D eigenvalue weighted by Gasteiger charge is -2.16. The fraction of sp³-hybridized carbons (Fsp3) is 0. The van der Waals surface area contributed by atoms with Crippen LogP contribution in [0, 0.1) is 0 Å². The zero-order valence-corrected chi connectivity index (χ0v) is 30.7. The third-order valence-electron chi connectivity index (χ3n) is 10.7. The summed E-state index contributed by atoms with van der Waals surface area (Å²) in [7, 11) is 0. The van der Waals surface area contributed by atoms with E-state index in [0.29, 0.717) is 17.5 Å². The van der Waals surface area contributed by atoms with Crippen LogP contribution in [0.5, 0.6) is 0 Å². The van der Waals surface area contributed by atoms with E-state index in [-0.39, 0.29) is 0 Å². The summed E-state index contributed by atoms with van der Waals surface area (Å²) in [5, 5.41) is 5.43. The van der Waals surface area contributed by atoms with Gasteiger partial charge in [0.05, 0.1) is 11.2 Å². The van der Waals surface area contributed by atoms with Gasteiger partial charge in [0.25, 0.3) is 0 Å². The predicted molar refractivity (Wildman–Crippen MR) is 233 cm³/mol. The van der Waals surface area contributed by atoms with Gasteiger partial charge in [-0.05, 0) is 47.0 Å². The van der Waals surface area contributed by atoms with Gasteiger partial charge in [-0.2, -0.15) is 0 Å². The molecule has 0 radical (unpaired) electrons. The molecule has 11 aromatic rings. The molecule has 57 heavy (non-hydrogen) atoms. The Morgan fingerprint density at radius 2 is 0.807 bits per heavy atom. The largest absolute Gasteiger partial charge is 0.456 e. The van der Waals surface area contributed by atoms with Crippen molar-refractivity contribution in [1.29, 1.82) is 0 Å². The minimum absolute atomic E-state index is 0.584. The Morgan fingerprint density at radius 1 is 0.298 bits per heavy atom. The number of furan rings is 1. The lowest BCUT2D eigenvalue weighted by molar-refractivity contribution is 0.669. The van der Waals surface area contributed by atoms with Crippen molar-refractivity contribution in [3.63, 3.8) is 0 Å². The van der Waals surface area contributed by atoms with Gasteiger partial charge in [-0.15, -0.1) is 0 Å². The van der Waals surface area contributed by atoms with Gasteiger partial charge in [-0.25, -0.2) is 19.9 Å². The van der Waals surface area contributed by atoms with E-state index in [1.807, 2.05) is 48.5 Å². The second kappa shape index (κ2) is 13.5. The molecule has 0 aliphatic heterocycles. The number of fused-ring (bicyclic) bond motifs is 6. The van der Waals surface area contributed by atoms with E-state index in [1.165, 1.54) is 0 Å². The van der Waals surface area contributed by atoms with Crippen LogP contribution in [0.15, 0.2) is 199 Å². The van der Waals surface area contributed by atoms with Crippen LogP contribution in [0.4, 0.5) is 0 Å². The van der Waals surface area contributed by atoms with Crippen LogP contribution < -0.4 is 0 Å². The summed E-state index contributed by atoms with van der Waals surface area (Å²) in [5.74, 6) is 1.80. The molecule has 0 saturated carbocycles. The van der Waals surface area contributed by atoms with Gasteiger partial charge in [-0.3, -0.25) is 0 Å². The number of rotatable bonds is 6. The Bertz CT molecular complexity index is 3290. The smallest absolute Gasteiger partial charge is 0.164 e. The Labute approximate surface area is 328 Å². The third-order valence-corrected chi connectivity index (χ3v) is 10.7. The molecule has 0 fully saturated rings. The van der Waals surface area contributed by atoms with Crippen LogP contribution in [0.2, 0.25) is 0 Å². The molecule has 0 aliphatic carbocycles. The van der Waals surface area contributed by atoms with Crippen molar-refractivity contribution in [2.45, 2.75) is 0 Å². The number of para-hydroxylation sites is 2. The second-order valence-electron chi connectivity index (χ2n) is 14.2. The summed E-state index contributed by atoms with van der Waals surface area (Å²) in [6.45, 7) is 0. The molecule has 0 spiro atoms. The molecule has 0 bridgehead atoms. The van der Waals surface area contributed by atoms with E-state index >= 15 is 0 Å². The zero-order valence-electron chi connectivity index (χ0n) is 30.7. The van der Waals surface area contributed by atoms with E-state index in [2.05, 4.69) is 146 Å². The van der Waals surface area contributed by atoms with E-state index in [4.69, 9.17) is 24.4 Å². The van der Waals surface area contributed by atoms with Crippen LogP contribution in [0.25, 0.3) is 111 Å². The number of pyridine rings is 1. The molecule has 5 heteroatoms. The number of hydrogen-bond acceptors (Lipinski definition) is 5.